The number of aryl methyl sites for hydroxylation is 1. The molecule has 3 N–H and O–H groups in total. The molecular formula is C14H12F3N3OS. The Labute approximate surface area is 128 Å². The number of anilines is 1. The summed E-state index contributed by atoms with van der Waals surface area (Å²) in [7, 11) is 0. The minimum absolute atomic E-state index is 0.0184. The van der Waals surface area contributed by atoms with Gasteiger partial charge in [0.05, 0.1) is 16.6 Å². The van der Waals surface area contributed by atoms with E-state index in [0.717, 1.165) is 11.3 Å². The molecule has 0 fully saturated rings. The van der Waals surface area contributed by atoms with Crippen LogP contribution in [0.3, 0.4) is 0 Å². The number of nitrogens with two attached hydrogens (primary N) is 1. The molecular weight excluding hydrogens is 315 g/mol. The van der Waals surface area contributed by atoms with Gasteiger partial charge in [0.25, 0.3) is 5.91 Å². The lowest BCUT2D eigenvalue weighted by atomic mass is 9.83. The summed E-state index contributed by atoms with van der Waals surface area (Å²) < 4.78 is 40.9. The number of carbonyl (C=O) groups excluding carboxylic acids is 1. The summed E-state index contributed by atoms with van der Waals surface area (Å²) >= 11 is 0.969. The van der Waals surface area contributed by atoms with Crippen LogP contribution in [-0.4, -0.2) is 17.1 Å². The summed E-state index contributed by atoms with van der Waals surface area (Å²) in [6.07, 6.45) is -4.50. The molecule has 0 spiro atoms. The van der Waals surface area contributed by atoms with Gasteiger partial charge in [0, 0.05) is 5.56 Å². The highest BCUT2D eigenvalue weighted by atomic mass is 32.1. The number of thiazole rings is 1. The summed E-state index contributed by atoms with van der Waals surface area (Å²) in [5, 5.41) is 2.64. The fourth-order valence-electron chi connectivity index (χ4n) is 2.76. The van der Waals surface area contributed by atoms with Gasteiger partial charge in [-0.25, -0.2) is 4.98 Å². The highest BCUT2D eigenvalue weighted by Gasteiger charge is 2.51. The molecule has 1 aliphatic heterocycles. The predicted molar refractivity (Wildman–Crippen MR) is 76.7 cm³/mol. The van der Waals surface area contributed by atoms with Crippen LogP contribution < -0.4 is 11.1 Å². The monoisotopic (exact) mass is 327 g/mol. The average molecular weight is 327 g/mol. The molecule has 3 rings (SSSR count). The van der Waals surface area contributed by atoms with Gasteiger partial charge in [0.15, 0.2) is 5.13 Å². The van der Waals surface area contributed by atoms with E-state index in [9.17, 15) is 18.0 Å². The lowest BCUT2D eigenvalue weighted by Crippen LogP contribution is -2.43. The lowest BCUT2D eigenvalue weighted by molar-refractivity contribution is -0.157. The van der Waals surface area contributed by atoms with E-state index in [-0.39, 0.29) is 16.3 Å². The van der Waals surface area contributed by atoms with E-state index in [1.54, 1.807) is 13.0 Å². The minimum Gasteiger partial charge on any atom is -0.375 e. The smallest absolute Gasteiger partial charge is 0.375 e. The van der Waals surface area contributed by atoms with Crippen molar-refractivity contribution < 1.29 is 18.0 Å². The number of aromatic nitrogens is 1. The zero-order chi connectivity index (χ0) is 16.1. The Morgan fingerprint density at radius 3 is 2.59 bits per heavy atom. The van der Waals surface area contributed by atoms with E-state index >= 15 is 0 Å². The molecule has 1 aliphatic rings. The maximum absolute atomic E-state index is 13.6. The molecule has 4 nitrogen and oxygen atoms in total. The number of carbonyl (C=O) groups is 1. The maximum Gasteiger partial charge on any atom is 0.398 e. The van der Waals surface area contributed by atoms with E-state index < -0.39 is 24.0 Å². The van der Waals surface area contributed by atoms with Crippen molar-refractivity contribution in [3.63, 3.8) is 0 Å². The van der Waals surface area contributed by atoms with Crippen molar-refractivity contribution >= 4 is 22.4 Å². The second-order valence-electron chi connectivity index (χ2n) is 5.06. The standard InChI is InChI=1S/C14H12F3N3OS/c1-6-11(22-13(18)19-6)10-9(14(15,16)17)7-4-2-3-5-8(7)12(21)20-10/h2-5,9-10H,1H3,(H2,18,19)(H,20,21). The molecule has 8 heteroatoms. The number of nitrogens with one attached hydrogen (secondary N) is 1. The van der Waals surface area contributed by atoms with Crippen molar-refractivity contribution in [3.8, 4) is 0 Å². The van der Waals surface area contributed by atoms with E-state index in [1.165, 1.54) is 18.2 Å². The van der Waals surface area contributed by atoms with E-state index in [0.29, 0.717) is 10.6 Å². The van der Waals surface area contributed by atoms with Crippen molar-refractivity contribution in [2.75, 3.05) is 5.73 Å². The predicted octanol–water partition coefficient (Wildman–Crippen LogP) is 3.16. The lowest BCUT2D eigenvalue weighted by Gasteiger charge is -2.34. The quantitative estimate of drug-likeness (QED) is 0.845. The van der Waals surface area contributed by atoms with Crippen molar-refractivity contribution in [1.82, 2.24) is 10.3 Å². The first-order valence-corrected chi connectivity index (χ1v) is 7.30. The molecule has 0 radical (unpaired) electrons. The van der Waals surface area contributed by atoms with Gasteiger partial charge in [-0.05, 0) is 18.6 Å². The molecule has 0 saturated heterocycles. The number of hydrogen-bond donors (Lipinski definition) is 2. The summed E-state index contributed by atoms with van der Waals surface area (Å²) in [5.74, 6) is -2.34. The van der Waals surface area contributed by atoms with Crippen molar-refractivity contribution in [1.29, 1.82) is 0 Å². The number of amides is 1. The molecule has 116 valence electrons. The Bertz CT molecular complexity index is 741. The fourth-order valence-corrected chi connectivity index (χ4v) is 3.68. The van der Waals surface area contributed by atoms with E-state index in [1.807, 2.05) is 0 Å². The second kappa shape index (κ2) is 4.98. The third-order valence-electron chi connectivity index (χ3n) is 3.64. The summed E-state index contributed by atoms with van der Waals surface area (Å²) in [5.41, 5.74) is 6.02. The first kappa shape index (κ1) is 14.8. The zero-order valence-electron chi connectivity index (χ0n) is 11.4. The Hall–Kier alpha value is -2.09. The van der Waals surface area contributed by atoms with E-state index in [2.05, 4.69) is 10.3 Å². The molecule has 1 amide bonds. The summed E-state index contributed by atoms with van der Waals surface area (Å²) in [6, 6.07) is 4.58. The van der Waals surface area contributed by atoms with Crippen LogP contribution in [0.5, 0.6) is 0 Å². The molecule has 1 aromatic carbocycles. The van der Waals surface area contributed by atoms with Gasteiger partial charge in [-0.3, -0.25) is 4.79 Å². The minimum atomic E-state index is -4.50. The first-order valence-electron chi connectivity index (χ1n) is 6.48. The average Bonchev–Trinajstić information content (AvgIpc) is 2.76. The molecule has 2 aromatic rings. The van der Waals surface area contributed by atoms with Crippen LogP contribution in [0.2, 0.25) is 0 Å². The number of hydrogen-bond acceptors (Lipinski definition) is 4. The SMILES string of the molecule is Cc1nc(N)sc1C1NC(=O)c2ccccc2C1C(F)(F)F. The number of benzene rings is 1. The van der Waals surface area contributed by atoms with Gasteiger partial charge in [0.2, 0.25) is 0 Å². The van der Waals surface area contributed by atoms with E-state index in [4.69, 9.17) is 5.73 Å². The van der Waals surface area contributed by atoms with Gasteiger partial charge in [-0.15, -0.1) is 0 Å². The highest BCUT2D eigenvalue weighted by Crippen LogP contribution is 2.48. The topological polar surface area (TPSA) is 68.0 Å². The Kier molecular flexibility index (Phi) is 3.36. The highest BCUT2D eigenvalue weighted by molar-refractivity contribution is 7.15. The molecule has 0 saturated carbocycles. The van der Waals surface area contributed by atoms with Gasteiger partial charge in [-0.1, -0.05) is 29.5 Å². The molecule has 1 aromatic heterocycles. The van der Waals surface area contributed by atoms with Crippen molar-refractivity contribution in [2.24, 2.45) is 0 Å². The third-order valence-corrected chi connectivity index (χ3v) is 4.71. The number of halogens is 3. The number of nitrogens with zero attached hydrogens (tertiary/aromatic N) is 1. The summed E-state index contributed by atoms with van der Waals surface area (Å²) in [6.45, 7) is 1.59. The maximum atomic E-state index is 13.6. The molecule has 0 bridgehead atoms. The number of fused-ring (bicyclic) bond motifs is 1. The Morgan fingerprint density at radius 2 is 2.00 bits per heavy atom. The van der Waals surface area contributed by atoms with Crippen molar-refractivity contribution in [2.45, 2.75) is 25.1 Å². The normalized spacial score (nSPS) is 21.4. The number of nitrogen functional groups attached to an aromatic ring is 1. The van der Waals surface area contributed by atoms with Crippen LogP contribution in [0.25, 0.3) is 0 Å². The van der Waals surface area contributed by atoms with Crippen LogP contribution in [0, 0.1) is 6.92 Å². The molecule has 2 unspecified atom stereocenters. The molecule has 0 aliphatic carbocycles. The summed E-state index contributed by atoms with van der Waals surface area (Å²) in [4.78, 5) is 16.4. The Balaban J connectivity index is 2.19. The van der Waals surface area contributed by atoms with Crippen LogP contribution in [-0.2, 0) is 0 Å². The Morgan fingerprint density at radius 1 is 1.32 bits per heavy atom. The van der Waals surface area contributed by atoms with Gasteiger partial charge in [-0.2, -0.15) is 13.2 Å². The first-order chi connectivity index (χ1) is 10.3. The molecule has 2 heterocycles. The van der Waals surface area contributed by atoms with Gasteiger partial charge in [0.1, 0.15) is 5.92 Å². The largest absolute Gasteiger partial charge is 0.398 e. The van der Waals surface area contributed by atoms with Gasteiger partial charge >= 0.3 is 6.18 Å². The zero-order valence-corrected chi connectivity index (χ0v) is 12.3. The molecule has 2 atom stereocenters. The van der Waals surface area contributed by atoms with Crippen LogP contribution in [0.15, 0.2) is 24.3 Å². The number of alkyl halides is 3. The van der Waals surface area contributed by atoms with Crippen LogP contribution in [0.1, 0.15) is 38.5 Å². The van der Waals surface area contributed by atoms with Crippen LogP contribution >= 0.6 is 11.3 Å². The van der Waals surface area contributed by atoms with Crippen LogP contribution in [0.4, 0.5) is 18.3 Å². The fraction of sp³-hybridized carbons (Fsp3) is 0.286. The third kappa shape index (κ3) is 2.33. The van der Waals surface area contributed by atoms with Crippen molar-refractivity contribution in [3.05, 3.63) is 46.0 Å². The van der Waals surface area contributed by atoms with Gasteiger partial charge < -0.3 is 11.1 Å². The number of rotatable bonds is 1. The molecule has 22 heavy (non-hydrogen) atoms. The second-order valence-corrected chi connectivity index (χ2v) is 6.12.